The summed E-state index contributed by atoms with van der Waals surface area (Å²) in [4.78, 5) is 9.86. The average molecular weight is 97.1 g/mol. The van der Waals surface area contributed by atoms with Gasteiger partial charge in [0.15, 0.2) is 0 Å². The van der Waals surface area contributed by atoms with E-state index < -0.39 is 0 Å². The number of hydrogen-bond acceptors (Lipinski definition) is 2. The van der Waals surface area contributed by atoms with Crippen molar-refractivity contribution in [3.63, 3.8) is 0 Å². The molecule has 2 heteroatoms. The summed E-state index contributed by atoms with van der Waals surface area (Å²) < 4.78 is 0. The van der Waals surface area contributed by atoms with Gasteiger partial charge in [0, 0.05) is 11.3 Å². The lowest BCUT2D eigenvalue weighted by Crippen LogP contribution is -2.12. The van der Waals surface area contributed by atoms with Gasteiger partial charge in [0.2, 0.25) is 0 Å². The number of rotatable bonds is 1. The van der Waals surface area contributed by atoms with Crippen molar-refractivity contribution in [2.24, 2.45) is 5.73 Å². The molecule has 0 spiro atoms. The van der Waals surface area contributed by atoms with Crippen molar-refractivity contribution in [2.75, 3.05) is 0 Å². The molecule has 0 radical (unpaired) electrons. The topological polar surface area (TPSA) is 43.1 Å². The summed E-state index contributed by atoms with van der Waals surface area (Å²) in [6.45, 7) is 0. The first-order chi connectivity index (χ1) is 3.34. The van der Waals surface area contributed by atoms with Gasteiger partial charge >= 0.3 is 0 Å². The Morgan fingerprint density at radius 1 is 1.57 bits per heavy atom. The quantitative estimate of drug-likeness (QED) is 0.475. The van der Waals surface area contributed by atoms with Crippen LogP contribution in [-0.2, 0) is 4.79 Å². The standard InChI is InChI=1S/C5H7NO/c6-5-2-1-4(5)3-7/h3H,1-2,6H2. The highest BCUT2D eigenvalue weighted by molar-refractivity contribution is 5.76. The van der Waals surface area contributed by atoms with Gasteiger partial charge in [-0.25, -0.2) is 0 Å². The monoisotopic (exact) mass is 97.1 g/mol. The van der Waals surface area contributed by atoms with Crippen LogP contribution < -0.4 is 5.73 Å². The third-order valence-corrected chi connectivity index (χ3v) is 1.22. The molecular weight excluding hydrogens is 90.1 g/mol. The fourth-order valence-electron chi connectivity index (χ4n) is 0.548. The van der Waals surface area contributed by atoms with Gasteiger partial charge in [0.1, 0.15) is 6.29 Å². The summed E-state index contributed by atoms with van der Waals surface area (Å²) in [5, 5.41) is 0. The molecule has 0 amide bonds. The van der Waals surface area contributed by atoms with Crippen LogP contribution in [0, 0.1) is 0 Å². The normalized spacial score (nSPS) is 18.9. The largest absolute Gasteiger partial charge is 0.402 e. The molecule has 2 nitrogen and oxygen atoms in total. The second-order valence-corrected chi connectivity index (χ2v) is 1.67. The van der Waals surface area contributed by atoms with Gasteiger partial charge in [-0.3, -0.25) is 4.79 Å². The van der Waals surface area contributed by atoms with Gasteiger partial charge in [0.25, 0.3) is 0 Å². The van der Waals surface area contributed by atoms with Crippen LogP contribution in [-0.4, -0.2) is 6.29 Å². The van der Waals surface area contributed by atoms with E-state index in [9.17, 15) is 4.79 Å². The number of nitrogens with two attached hydrogens (primary N) is 1. The van der Waals surface area contributed by atoms with Crippen molar-refractivity contribution >= 4 is 6.29 Å². The lowest BCUT2D eigenvalue weighted by atomic mass is 9.96. The van der Waals surface area contributed by atoms with Gasteiger partial charge in [-0.05, 0) is 12.8 Å². The summed E-state index contributed by atoms with van der Waals surface area (Å²) in [5.74, 6) is 0. The predicted molar refractivity (Wildman–Crippen MR) is 26.5 cm³/mol. The molecule has 0 bridgehead atoms. The number of allylic oxidation sites excluding steroid dienone is 2. The Bertz CT molecular complexity index is 126. The molecule has 0 unspecified atom stereocenters. The molecule has 0 atom stereocenters. The predicted octanol–water partition coefficient (Wildman–Crippen LogP) is 0.192. The van der Waals surface area contributed by atoms with Crippen molar-refractivity contribution < 1.29 is 4.79 Å². The molecule has 0 saturated heterocycles. The molecule has 1 aliphatic rings. The fourth-order valence-corrected chi connectivity index (χ4v) is 0.548. The number of aldehydes is 1. The van der Waals surface area contributed by atoms with E-state index in [1.54, 1.807) is 0 Å². The van der Waals surface area contributed by atoms with E-state index >= 15 is 0 Å². The molecule has 7 heavy (non-hydrogen) atoms. The Labute approximate surface area is 42.0 Å². The third-order valence-electron chi connectivity index (χ3n) is 1.22. The van der Waals surface area contributed by atoms with E-state index in [-0.39, 0.29) is 0 Å². The smallest absolute Gasteiger partial charge is 0.147 e. The first kappa shape index (κ1) is 4.37. The fraction of sp³-hybridized carbons (Fsp3) is 0.400. The van der Waals surface area contributed by atoms with Crippen LogP contribution in [0.3, 0.4) is 0 Å². The SMILES string of the molecule is NC1=C(C=O)CC1. The van der Waals surface area contributed by atoms with Crippen molar-refractivity contribution in [1.82, 2.24) is 0 Å². The molecule has 1 aliphatic carbocycles. The maximum absolute atomic E-state index is 9.86. The van der Waals surface area contributed by atoms with Crippen LogP contribution in [0.4, 0.5) is 0 Å². The molecule has 1 rings (SSSR count). The molecular formula is C5H7NO. The second kappa shape index (κ2) is 1.37. The molecule has 0 aliphatic heterocycles. The van der Waals surface area contributed by atoms with Crippen molar-refractivity contribution in [3.05, 3.63) is 11.3 Å². The zero-order chi connectivity index (χ0) is 5.28. The molecule has 38 valence electrons. The first-order valence-electron chi connectivity index (χ1n) is 2.27. The highest BCUT2D eigenvalue weighted by atomic mass is 16.1. The van der Waals surface area contributed by atoms with E-state index in [4.69, 9.17) is 5.73 Å². The maximum Gasteiger partial charge on any atom is 0.147 e. The van der Waals surface area contributed by atoms with Gasteiger partial charge in [0.05, 0.1) is 0 Å². The van der Waals surface area contributed by atoms with Gasteiger partial charge < -0.3 is 5.73 Å². The number of carbonyl (C=O) groups excluding carboxylic acids is 1. The zero-order valence-electron chi connectivity index (χ0n) is 3.98. The summed E-state index contributed by atoms with van der Waals surface area (Å²) in [7, 11) is 0. The van der Waals surface area contributed by atoms with Gasteiger partial charge in [-0.1, -0.05) is 0 Å². The molecule has 0 saturated carbocycles. The first-order valence-corrected chi connectivity index (χ1v) is 2.27. The third kappa shape index (κ3) is 0.515. The lowest BCUT2D eigenvalue weighted by molar-refractivity contribution is -0.105. The van der Waals surface area contributed by atoms with Crippen molar-refractivity contribution in [2.45, 2.75) is 12.8 Å². The Hall–Kier alpha value is -0.790. The van der Waals surface area contributed by atoms with Gasteiger partial charge in [-0.15, -0.1) is 0 Å². The molecule has 0 aromatic rings. The van der Waals surface area contributed by atoms with E-state index in [1.165, 1.54) is 0 Å². The minimum Gasteiger partial charge on any atom is -0.402 e. The van der Waals surface area contributed by atoms with Crippen LogP contribution >= 0.6 is 0 Å². The minimum atomic E-state index is 0.773. The second-order valence-electron chi connectivity index (χ2n) is 1.67. The van der Waals surface area contributed by atoms with Crippen LogP contribution in [0.15, 0.2) is 11.3 Å². The summed E-state index contributed by atoms with van der Waals surface area (Å²) in [6.07, 6.45) is 2.63. The molecule has 2 N–H and O–H groups in total. The van der Waals surface area contributed by atoms with Crippen LogP contribution in [0.5, 0.6) is 0 Å². The van der Waals surface area contributed by atoms with Crippen molar-refractivity contribution in [1.29, 1.82) is 0 Å². The molecule has 0 fully saturated rings. The van der Waals surface area contributed by atoms with Crippen LogP contribution in [0.25, 0.3) is 0 Å². The average Bonchev–Trinajstić information content (AvgIpc) is 1.65. The summed E-state index contributed by atoms with van der Waals surface area (Å²) >= 11 is 0. The Kier molecular flexibility index (Phi) is 0.855. The van der Waals surface area contributed by atoms with E-state index in [0.717, 1.165) is 30.4 Å². The Balaban J connectivity index is 2.70. The van der Waals surface area contributed by atoms with Crippen LogP contribution in [0.1, 0.15) is 12.8 Å². The lowest BCUT2D eigenvalue weighted by Gasteiger charge is -2.13. The van der Waals surface area contributed by atoms with E-state index in [0.29, 0.717) is 0 Å². The minimum absolute atomic E-state index is 0.773. The summed E-state index contributed by atoms with van der Waals surface area (Å²) in [5.41, 5.74) is 6.85. The Morgan fingerprint density at radius 3 is 2.29 bits per heavy atom. The molecule has 0 heterocycles. The van der Waals surface area contributed by atoms with Gasteiger partial charge in [-0.2, -0.15) is 0 Å². The highest BCUT2D eigenvalue weighted by Gasteiger charge is 2.11. The molecule has 0 aromatic heterocycles. The molecule has 0 aromatic carbocycles. The zero-order valence-corrected chi connectivity index (χ0v) is 3.98. The van der Waals surface area contributed by atoms with E-state index in [1.807, 2.05) is 0 Å². The number of carbonyl (C=O) groups is 1. The highest BCUT2D eigenvalue weighted by Crippen LogP contribution is 2.20. The van der Waals surface area contributed by atoms with Crippen molar-refractivity contribution in [3.8, 4) is 0 Å². The van der Waals surface area contributed by atoms with E-state index in [2.05, 4.69) is 0 Å². The maximum atomic E-state index is 9.86. The van der Waals surface area contributed by atoms with Crippen LogP contribution in [0.2, 0.25) is 0 Å². The summed E-state index contributed by atoms with van der Waals surface area (Å²) in [6, 6.07) is 0. The number of hydrogen-bond donors (Lipinski definition) is 1. The Morgan fingerprint density at radius 2 is 2.29 bits per heavy atom.